The molecular weight excluding hydrogens is 254 g/mol. The van der Waals surface area contributed by atoms with Crippen LogP contribution in [0.1, 0.15) is 37.3 Å². The van der Waals surface area contributed by atoms with Crippen molar-refractivity contribution in [1.29, 1.82) is 0 Å². The van der Waals surface area contributed by atoms with Gasteiger partial charge in [-0.3, -0.25) is 0 Å². The Balaban J connectivity index is 1.91. The summed E-state index contributed by atoms with van der Waals surface area (Å²) in [5.41, 5.74) is 1.22. The van der Waals surface area contributed by atoms with Crippen molar-refractivity contribution in [3.05, 3.63) is 16.5 Å². The molecule has 0 aromatic carbocycles. The van der Waals surface area contributed by atoms with Gasteiger partial charge < -0.3 is 4.90 Å². The number of anilines is 1. The van der Waals surface area contributed by atoms with E-state index < -0.39 is 0 Å². The molecule has 1 saturated heterocycles. The Morgan fingerprint density at radius 3 is 2.60 bits per heavy atom. The molecule has 0 spiro atoms. The van der Waals surface area contributed by atoms with Crippen LogP contribution in [-0.4, -0.2) is 23.1 Å². The Hall–Kier alpha value is -0.640. The number of halogens is 1. The van der Waals surface area contributed by atoms with Crippen LogP contribution in [0.4, 0.5) is 5.82 Å². The molecule has 1 aromatic rings. The summed E-state index contributed by atoms with van der Waals surface area (Å²) in [7, 11) is 0. The highest BCUT2D eigenvalue weighted by Crippen LogP contribution is 2.40. The van der Waals surface area contributed by atoms with Gasteiger partial charge in [0, 0.05) is 25.1 Å². The van der Waals surface area contributed by atoms with Crippen LogP contribution >= 0.6 is 15.9 Å². The van der Waals surface area contributed by atoms with Gasteiger partial charge in [-0.05, 0) is 41.6 Å². The topological polar surface area (TPSA) is 29.0 Å². The Morgan fingerprint density at radius 2 is 1.93 bits per heavy atom. The zero-order valence-electron chi connectivity index (χ0n) is 8.62. The quantitative estimate of drug-likeness (QED) is 0.772. The second-order valence-electron chi connectivity index (χ2n) is 4.39. The molecular formula is C11H14BrN3. The number of hydrogen-bond acceptors (Lipinski definition) is 3. The molecule has 1 aliphatic carbocycles. The van der Waals surface area contributed by atoms with E-state index in [9.17, 15) is 0 Å². The monoisotopic (exact) mass is 267 g/mol. The summed E-state index contributed by atoms with van der Waals surface area (Å²) in [5.74, 6) is 1.81. The van der Waals surface area contributed by atoms with Crippen LogP contribution in [0, 0.1) is 0 Å². The Labute approximate surface area is 98.0 Å². The van der Waals surface area contributed by atoms with E-state index >= 15 is 0 Å². The largest absolute Gasteiger partial charge is 0.356 e. The minimum atomic E-state index is 0.700. The summed E-state index contributed by atoms with van der Waals surface area (Å²) in [6.07, 6.45) is 5.17. The van der Waals surface area contributed by atoms with Gasteiger partial charge in [-0.2, -0.15) is 0 Å². The van der Waals surface area contributed by atoms with Crippen molar-refractivity contribution >= 4 is 21.7 Å². The molecule has 1 saturated carbocycles. The minimum absolute atomic E-state index is 0.700. The zero-order valence-corrected chi connectivity index (χ0v) is 10.2. The normalized spacial score (nSPS) is 21.0. The van der Waals surface area contributed by atoms with Crippen LogP contribution in [-0.2, 0) is 0 Å². The van der Waals surface area contributed by atoms with Crippen molar-refractivity contribution < 1.29 is 0 Å². The molecule has 4 heteroatoms. The molecule has 1 aromatic heterocycles. The van der Waals surface area contributed by atoms with E-state index in [2.05, 4.69) is 36.9 Å². The highest BCUT2D eigenvalue weighted by atomic mass is 79.9. The molecule has 0 unspecified atom stereocenters. The van der Waals surface area contributed by atoms with Gasteiger partial charge in [0.25, 0.3) is 0 Å². The van der Waals surface area contributed by atoms with E-state index in [-0.39, 0.29) is 0 Å². The molecule has 15 heavy (non-hydrogen) atoms. The van der Waals surface area contributed by atoms with E-state index in [4.69, 9.17) is 0 Å². The van der Waals surface area contributed by atoms with E-state index in [1.807, 2.05) is 0 Å². The summed E-state index contributed by atoms with van der Waals surface area (Å²) in [6.45, 7) is 2.29. The fraction of sp³-hybridized carbons (Fsp3) is 0.636. The molecule has 80 valence electrons. The highest BCUT2D eigenvalue weighted by molar-refractivity contribution is 9.10. The zero-order chi connectivity index (χ0) is 10.3. The lowest BCUT2D eigenvalue weighted by molar-refractivity contribution is 0.890. The van der Waals surface area contributed by atoms with Gasteiger partial charge in [0.05, 0.1) is 5.69 Å². The Bertz CT molecular complexity index is 370. The van der Waals surface area contributed by atoms with Crippen LogP contribution in [0.3, 0.4) is 0 Å². The number of rotatable bonds is 2. The summed E-state index contributed by atoms with van der Waals surface area (Å²) < 4.78 is 0.744. The molecule has 2 heterocycles. The molecule has 2 aliphatic rings. The third-order valence-corrected chi connectivity index (χ3v) is 3.49. The van der Waals surface area contributed by atoms with Crippen molar-refractivity contribution in [3.8, 4) is 0 Å². The molecule has 1 aliphatic heterocycles. The minimum Gasteiger partial charge on any atom is -0.356 e. The smallest absolute Gasteiger partial charge is 0.198 e. The highest BCUT2D eigenvalue weighted by Gasteiger charge is 2.27. The maximum atomic E-state index is 4.46. The molecule has 0 amide bonds. The first-order valence-corrected chi connectivity index (χ1v) is 6.41. The summed E-state index contributed by atoms with van der Waals surface area (Å²) in [4.78, 5) is 11.3. The van der Waals surface area contributed by atoms with E-state index in [0.717, 1.165) is 23.6 Å². The Morgan fingerprint density at radius 1 is 1.20 bits per heavy atom. The second-order valence-corrected chi connectivity index (χ2v) is 5.10. The number of aromatic nitrogens is 2. The third kappa shape index (κ3) is 2.00. The standard InChI is InChI=1S/C11H14BrN3/c12-11-13-9(8-3-4-8)7-10(14-11)15-5-1-2-6-15/h7-8H,1-6H2. The van der Waals surface area contributed by atoms with Crippen molar-refractivity contribution in [2.45, 2.75) is 31.6 Å². The van der Waals surface area contributed by atoms with Gasteiger partial charge in [-0.1, -0.05) is 0 Å². The molecule has 3 nitrogen and oxygen atoms in total. The lowest BCUT2D eigenvalue weighted by Crippen LogP contribution is -2.19. The number of nitrogens with zero attached hydrogens (tertiary/aromatic N) is 3. The van der Waals surface area contributed by atoms with Gasteiger partial charge in [0.15, 0.2) is 4.73 Å². The lowest BCUT2D eigenvalue weighted by Gasteiger charge is -2.16. The van der Waals surface area contributed by atoms with E-state index in [1.54, 1.807) is 0 Å². The van der Waals surface area contributed by atoms with Gasteiger partial charge in [0.2, 0.25) is 0 Å². The summed E-state index contributed by atoms with van der Waals surface area (Å²) in [6, 6.07) is 2.17. The molecule has 0 N–H and O–H groups in total. The maximum Gasteiger partial charge on any atom is 0.198 e. The van der Waals surface area contributed by atoms with E-state index in [1.165, 1.54) is 31.4 Å². The molecule has 2 fully saturated rings. The second kappa shape index (κ2) is 3.74. The third-order valence-electron chi connectivity index (χ3n) is 3.13. The van der Waals surface area contributed by atoms with Gasteiger partial charge in [0.1, 0.15) is 5.82 Å². The first-order chi connectivity index (χ1) is 7.33. The van der Waals surface area contributed by atoms with Crippen LogP contribution in [0.2, 0.25) is 0 Å². The van der Waals surface area contributed by atoms with Crippen LogP contribution in [0.15, 0.2) is 10.8 Å². The van der Waals surface area contributed by atoms with Gasteiger partial charge >= 0.3 is 0 Å². The maximum absolute atomic E-state index is 4.46. The van der Waals surface area contributed by atoms with Crippen LogP contribution in [0.5, 0.6) is 0 Å². The lowest BCUT2D eigenvalue weighted by atomic mass is 10.3. The molecule has 0 bridgehead atoms. The van der Waals surface area contributed by atoms with Crippen LogP contribution < -0.4 is 4.90 Å². The predicted octanol–water partition coefficient (Wildman–Crippen LogP) is 2.72. The first-order valence-electron chi connectivity index (χ1n) is 5.62. The molecule has 3 rings (SSSR count). The number of hydrogen-bond donors (Lipinski definition) is 0. The van der Waals surface area contributed by atoms with Gasteiger partial charge in [-0.25, -0.2) is 9.97 Å². The molecule has 0 atom stereocenters. The summed E-state index contributed by atoms with van der Waals surface area (Å²) in [5, 5.41) is 0. The SMILES string of the molecule is Brc1nc(C2CC2)cc(N2CCCC2)n1. The van der Waals surface area contributed by atoms with Crippen molar-refractivity contribution in [3.63, 3.8) is 0 Å². The van der Waals surface area contributed by atoms with E-state index in [0.29, 0.717) is 5.92 Å². The average Bonchev–Trinajstić information content (AvgIpc) is 2.93. The van der Waals surface area contributed by atoms with Crippen LogP contribution in [0.25, 0.3) is 0 Å². The van der Waals surface area contributed by atoms with Crippen molar-refractivity contribution in [2.75, 3.05) is 18.0 Å². The average molecular weight is 268 g/mol. The fourth-order valence-corrected chi connectivity index (χ4v) is 2.51. The van der Waals surface area contributed by atoms with Gasteiger partial charge in [-0.15, -0.1) is 0 Å². The fourth-order valence-electron chi connectivity index (χ4n) is 2.12. The predicted molar refractivity (Wildman–Crippen MR) is 63.2 cm³/mol. The summed E-state index contributed by atoms with van der Waals surface area (Å²) >= 11 is 3.41. The Kier molecular flexibility index (Phi) is 2.39. The first kappa shape index (κ1) is 9.58. The van der Waals surface area contributed by atoms with Crippen molar-refractivity contribution in [1.82, 2.24) is 9.97 Å². The van der Waals surface area contributed by atoms with Crippen molar-refractivity contribution in [2.24, 2.45) is 0 Å². The molecule has 0 radical (unpaired) electrons.